The summed E-state index contributed by atoms with van der Waals surface area (Å²) >= 11 is 0. The van der Waals surface area contributed by atoms with Crippen LogP contribution < -0.4 is 0 Å². The Labute approximate surface area is 102 Å². The summed E-state index contributed by atoms with van der Waals surface area (Å²) < 4.78 is 57.0. The van der Waals surface area contributed by atoms with Gasteiger partial charge in [-0.1, -0.05) is 6.92 Å². The van der Waals surface area contributed by atoms with Crippen LogP contribution in [0.4, 0.5) is 0 Å². The third-order valence-electron chi connectivity index (χ3n) is 2.19. The van der Waals surface area contributed by atoms with Crippen LogP contribution in [0, 0.1) is 0 Å². The lowest BCUT2D eigenvalue weighted by Crippen LogP contribution is -2.24. The van der Waals surface area contributed by atoms with Crippen LogP contribution in [0.2, 0.25) is 0 Å². The lowest BCUT2D eigenvalue weighted by atomic mass is 10.3. The second-order valence-electron chi connectivity index (χ2n) is 3.72. The van der Waals surface area contributed by atoms with Gasteiger partial charge in [-0.05, 0) is 19.8 Å². The van der Waals surface area contributed by atoms with Gasteiger partial charge in [-0.15, -0.1) is 0 Å². The third kappa shape index (κ3) is 7.66. The van der Waals surface area contributed by atoms with E-state index in [1.807, 2.05) is 0 Å². The van der Waals surface area contributed by atoms with E-state index in [2.05, 4.69) is 4.18 Å². The zero-order valence-corrected chi connectivity index (χ0v) is 11.4. The first-order valence-corrected chi connectivity index (χ1v) is 8.18. The summed E-state index contributed by atoms with van der Waals surface area (Å²) in [6.07, 6.45) is -0.774. The van der Waals surface area contributed by atoms with Gasteiger partial charge in [-0.3, -0.25) is 8.74 Å². The van der Waals surface area contributed by atoms with Gasteiger partial charge in [0.1, 0.15) is 0 Å². The molecule has 0 aromatic rings. The van der Waals surface area contributed by atoms with Crippen molar-refractivity contribution in [1.82, 2.24) is 0 Å². The molecular weight excluding hydrogens is 272 g/mol. The SMILES string of the molecule is CCC(O)COS(=O)(=O)CCC(C)S(=O)(=O)O. The molecule has 0 spiro atoms. The minimum atomic E-state index is -4.23. The van der Waals surface area contributed by atoms with Crippen molar-refractivity contribution in [2.45, 2.75) is 38.0 Å². The Morgan fingerprint density at radius 2 is 1.76 bits per heavy atom. The lowest BCUT2D eigenvalue weighted by Gasteiger charge is -2.10. The molecule has 0 saturated carbocycles. The van der Waals surface area contributed by atoms with Gasteiger partial charge in [0, 0.05) is 0 Å². The fourth-order valence-corrected chi connectivity index (χ4v) is 2.51. The molecule has 0 aliphatic rings. The third-order valence-corrected chi connectivity index (χ3v) is 4.68. The molecule has 2 unspecified atom stereocenters. The smallest absolute Gasteiger partial charge is 0.267 e. The molecule has 0 saturated heterocycles. The Bertz CT molecular complexity index is 411. The van der Waals surface area contributed by atoms with Gasteiger partial charge in [-0.2, -0.15) is 16.8 Å². The minimum absolute atomic E-state index is 0.261. The molecular formula is C8H18O7S2. The Balaban J connectivity index is 4.20. The highest BCUT2D eigenvalue weighted by Crippen LogP contribution is 2.07. The molecule has 0 radical (unpaired) electrons. The van der Waals surface area contributed by atoms with Crippen LogP contribution in [0.3, 0.4) is 0 Å². The maximum absolute atomic E-state index is 11.3. The van der Waals surface area contributed by atoms with Gasteiger partial charge in [0.05, 0.1) is 23.7 Å². The van der Waals surface area contributed by atoms with Crippen molar-refractivity contribution in [1.29, 1.82) is 0 Å². The summed E-state index contributed by atoms with van der Waals surface area (Å²) in [6.45, 7) is 2.52. The van der Waals surface area contributed by atoms with Crippen molar-refractivity contribution in [2.75, 3.05) is 12.4 Å². The van der Waals surface area contributed by atoms with Crippen molar-refractivity contribution < 1.29 is 30.7 Å². The first-order valence-electron chi connectivity index (χ1n) is 5.10. The summed E-state index contributed by atoms with van der Waals surface area (Å²) in [6, 6.07) is 0. The summed E-state index contributed by atoms with van der Waals surface area (Å²) in [5.74, 6) is -0.523. The lowest BCUT2D eigenvalue weighted by molar-refractivity contribution is 0.107. The highest BCUT2D eigenvalue weighted by atomic mass is 32.2. The topological polar surface area (TPSA) is 118 Å². The predicted molar refractivity (Wildman–Crippen MR) is 61.7 cm³/mol. The average molecular weight is 290 g/mol. The largest absolute Gasteiger partial charge is 0.391 e. The van der Waals surface area contributed by atoms with Crippen LogP contribution in [0.25, 0.3) is 0 Å². The molecule has 7 nitrogen and oxygen atoms in total. The molecule has 0 heterocycles. The van der Waals surface area contributed by atoms with Crippen molar-refractivity contribution in [3.8, 4) is 0 Å². The normalized spacial score (nSPS) is 16.7. The van der Waals surface area contributed by atoms with Gasteiger partial charge < -0.3 is 5.11 Å². The zero-order valence-electron chi connectivity index (χ0n) is 9.74. The van der Waals surface area contributed by atoms with E-state index in [1.165, 1.54) is 6.92 Å². The van der Waals surface area contributed by atoms with Crippen molar-refractivity contribution in [2.24, 2.45) is 0 Å². The van der Waals surface area contributed by atoms with E-state index >= 15 is 0 Å². The average Bonchev–Trinajstić information content (AvgIpc) is 2.21. The summed E-state index contributed by atoms with van der Waals surface area (Å²) in [5, 5.41) is 7.93. The minimum Gasteiger partial charge on any atom is -0.391 e. The standard InChI is InChI=1S/C8H18O7S2/c1-3-8(9)6-15-16(10,11)5-4-7(2)17(12,13)14/h7-9H,3-6H2,1-2H3,(H,12,13,14). The monoisotopic (exact) mass is 290 g/mol. The molecule has 0 aliphatic heterocycles. The molecule has 2 atom stereocenters. The summed E-state index contributed by atoms with van der Waals surface area (Å²) in [7, 11) is -8.11. The second-order valence-corrected chi connectivity index (χ2v) is 7.32. The quantitative estimate of drug-likeness (QED) is 0.468. The summed E-state index contributed by atoms with van der Waals surface area (Å²) in [4.78, 5) is 0. The van der Waals surface area contributed by atoms with Gasteiger partial charge in [0.25, 0.3) is 20.2 Å². The van der Waals surface area contributed by atoms with E-state index in [9.17, 15) is 16.8 Å². The van der Waals surface area contributed by atoms with E-state index in [4.69, 9.17) is 9.66 Å². The number of hydrogen-bond donors (Lipinski definition) is 2. The van der Waals surface area contributed by atoms with Crippen LogP contribution in [0.15, 0.2) is 0 Å². The second kappa shape index (κ2) is 6.64. The van der Waals surface area contributed by atoms with Crippen LogP contribution >= 0.6 is 0 Å². The van der Waals surface area contributed by atoms with Crippen LogP contribution in [-0.4, -0.2) is 50.2 Å². The molecule has 0 fully saturated rings. The molecule has 0 aromatic heterocycles. The Morgan fingerprint density at radius 3 is 2.18 bits per heavy atom. The number of hydrogen-bond acceptors (Lipinski definition) is 6. The maximum Gasteiger partial charge on any atom is 0.267 e. The van der Waals surface area contributed by atoms with Crippen LogP contribution in [0.1, 0.15) is 26.7 Å². The van der Waals surface area contributed by atoms with Crippen molar-refractivity contribution in [3.05, 3.63) is 0 Å². The maximum atomic E-state index is 11.3. The molecule has 0 rings (SSSR count). The first kappa shape index (κ1) is 16.8. The molecule has 17 heavy (non-hydrogen) atoms. The highest BCUT2D eigenvalue weighted by molar-refractivity contribution is 7.87. The van der Waals surface area contributed by atoms with Gasteiger partial charge in [-0.25, -0.2) is 0 Å². The van der Waals surface area contributed by atoms with Crippen LogP contribution in [-0.2, 0) is 24.4 Å². The fraction of sp³-hybridized carbons (Fsp3) is 1.00. The van der Waals surface area contributed by atoms with Gasteiger partial charge >= 0.3 is 0 Å². The Kier molecular flexibility index (Phi) is 6.56. The Hall–Kier alpha value is -0.220. The van der Waals surface area contributed by atoms with Gasteiger partial charge in [0.15, 0.2) is 0 Å². The summed E-state index contributed by atoms with van der Waals surface area (Å²) in [5.41, 5.74) is 0. The van der Waals surface area contributed by atoms with E-state index in [1.54, 1.807) is 6.92 Å². The van der Waals surface area contributed by atoms with Crippen molar-refractivity contribution in [3.63, 3.8) is 0 Å². The molecule has 104 valence electrons. The molecule has 0 aromatic carbocycles. The Morgan fingerprint density at radius 1 is 1.24 bits per heavy atom. The van der Waals surface area contributed by atoms with E-state index in [-0.39, 0.29) is 13.0 Å². The molecule has 0 amide bonds. The highest BCUT2D eigenvalue weighted by Gasteiger charge is 2.21. The number of rotatable bonds is 8. The first-order chi connectivity index (χ1) is 7.58. The van der Waals surface area contributed by atoms with E-state index in [0.717, 1.165) is 0 Å². The molecule has 0 bridgehead atoms. The predicted octanol–water partition coefficient (Wildman–Crippen LogP) is -0.230. The van der Waals surface area contributed by atoms with Gasteiger partial charge in [0.2, 0.25) is 0 Å². The number of aliphatic hydroxyl groups is 1. The fourth-order valence-electron chi connectivity index (χ4n) is 0.818. The number of aliphatic hydroxyl groups excluding tert-OH is 1. The molecule has 0 aliphatic carbocycles. The zero-order chi connectivity index (χ0) is 13.7. The molecule has 2 N–H and O–H groups in total. The van der Waals surface area contributed by atoms with E-state index in [0.29, 0.717) is 6.42 Å². The molecule has 9 heteroatoms. The van der Waals surface area contributed by atoms with Crippen molar-refractivity contribution >= 4 is 20.2 Å². The van der Waals surface area contributed by atoms with E-state index < -0.39 is 37.3 Å². The van der Waals surface area contributed by atoms with Crippen LogP contribution in [0.5, 0.6) is 0 Å².